The van der Waals surface area contributed by atoms with Gasteiger partial charge in [0.05, 0.1) is 22.4 Å². The molecule has 174 valence electrons. The summed E-state index contributed by atoms with van der Waals surface area (Å²) in [6.45, 7) is 5.95. The minimum atomic E-state index is -0.371. The van der Waals surface area contributed by atoms with Crippen molar-refractivity contribution in [3.05, 3.63) is 68.0 Å². The Morgan fingerprint density at radius 1 is 1.18 bits per heavy atom. The topological polar surface area (TPSA) is 88.9 Å². The van der Waals surface area contributed by atoms with Crippen molar-refractivity contribution in [3.8, 4) is 0 Å². The van der Waals surface area contributed by atoms with E-state index in [1.807, 2.05) is 50.6 Å². The molecule has 7 nitrogen and oxygen atoms in total. The van der Waals surface area contributed by atoms with E-state index >= 15 is 0 Å². The van der Waals surface area contributed by atoms with Crippen LogP contribution in [0, 0.1) is 16.4 Å². The molecule has 1 atom stereocenters. The summed E-state index contributed by atoms with van der Waals surface area (Å²) in [6, 6.07) is 12.4. The first-order chi connectivity index (χ1) is 15.7. The first-order valence-corrected chi connectivity index (χ1v) is 12.7. The molecular formula is C23H25ClIN5O2S. The Hall–Kier alpha value is -2.11. The fraction of sp³-hybridized carbons (Fsp3) is 0.304. The minimum absolute atomic E-state index is 0.0596. The molecule has 0 aliphatic rings. The Bertz CT molecular complexity index is 1170. The second-order valence-electron chi connectivity index (χ2n) is 7.87. The third-order valence-electron chi connectivity index (χ3n) is 5.01. The van der Waals surface area contributed by atoms with Crippen molar-refractivity contribution >= 4 is 63.5 Å². The molecule has 0 aliphatic heterocycles. The lowest BCUT2D eigenvalue weighted by Gasteiger charge is -2.22. The Kier molecular flexibility index (Phi) is 8.77. The highest BCUT2D eigenvalue weighted by Crippen LogP contribution is 2.26. The van der Waals surface area contributed by atoms with Crippen molar-refractivity contribution in [2.24, 2.45) is 13.0 Å². The van der Waals surface area contributed by atoms with E-state index in [2.05, 4.69) is 43.4 Å². The van der Waals surface area contributed by atoms with Gasteiger partial charge in [0.1, 0.15) is 0 Å². The van der Waals surface area contributed by atoms with Crippen LogP contribution in [0.3, 0.4) is 0 Å². The summed E-state index contributed by atoms with van der Waals surface area (Å²) in [5.41, 5.74) is 2.21. The SMILES string of the molecule is Cc1cc(I)ccc1NC(=O)CSc1nnc([C@H](NC(=O)c2ccccc2Cl)C(C)C)n1C. The number of rotatable bonds is 8. The first-order valence-electron chi connectivity index (χ1n) is 10.3. The minimum Gasteiger partial charge on any atom is -0.342 e. The number of carbonyl (C=O) groups is 2. The van der Waals surface area contributed by atoms with Crippen molar-refractivity contribution in [2.45, 2.75) is 32.0 Å². The summed E-state index contributed by atoms with van der Waals surface area (Å²) in [6.07, 6.45) is 0. The van der Waals surface area contributed by atoms with E-state index in [1.54, 1.807) is 24.3 Å². The van der Waals surface area contributed by atoms with Crippen LogP contribution in [0.25, 0.3) is 0 Å². The van der Waals surface area contributed by atoms with Gasteiger partial charge >= 0.3 is 0 Å². The van der Waals surface area contributed by atoms with Crippen LogP contribution in [0.15, 0.2) is 47.6 Å². The van der Waals surface area contributed by atoms with Crippen molar-refractivity contribution in [2.75, 3.05) is 11.1 Å². The molecule has 10 heteroatoms. The molecule has 0 bridgehead atoms. The maximum absolute atomic E-state index is 12.8. The number of halogens is 2. The first kappa shape index (κ1) is 25.5. The molecule has 0 spiro atoms. The Morgan fingerprint density at radius 3 is 2.58 bits per heavy atom. The van der Waals surface area contributed by atoms with E-state index < -0.39 is 0 Å². The van der Waals surface area contributed by atoms with Crippen LogP contribution in [-0.2, 0) is 11.8 Å². The fourth-order valence-corrected chi connectivity index (χ4v) is 4.79. The maximum atomic E-state index is 12.8. The Morgan fingerprint density at radius 2 is 1.91 bits per heavy atom. The predicted molar refractivity (Wildman–Crippen MR) is 141 cm³/mol. The van der Waals surface area contributed by atoms with Crippen LogP contribution in [-0.4, -0.2) is 32.3 Å². The van der Waals surface area contributed by atoms with Gasteiger partial charge in [-0.05, 0) is 71.3 Å². The summed E-state index contributed by atoms with van der Waals surface area (Å²) in [5, 5.41) is 15.5. The number of amides is 2. The predicted octanol–water partition coefficient (Wildman–Crippen LogP) is 5.24. The highest BCUT2D eigenvalue weighted by atomic mass is 127. The summed E-state index contributed by atoms with van der Waals surface area (Å²) in [5.74, 6) is 0.464. The Balaban J connectivity index is 1.68. The largest absolute Gasteiger partial charge is 0.342 e. The molecule has 2 N–H and O–H groups in total. The standard InChI is InChI=1S/C23H25ClIN5O2S/c1-13(2)20(27-22(32)16-7-5-6-8-17(16)24)21-28-29-23(30(21)4)33-12-19(31)26-18-10-9-15(25)11-14(18)3/h5-11,13,20H,12H2,1-4H3,(H,26,31)(H,27,32)/t20-/m1/s1. The molecule has 33 heavy (non-hydrogen) atoms. The molecule has 1 heterocycles. The van der Waals surface area contributed by atoms with Crippen LogP contribution in [0.5, 0.6) is 0 Å². The summed E-state index contributed by atoms with van der Waals surface area (Å²) >= 11 is 9.71. The summed E-state index contributed by atoms with van der Waals surface area (Å²) in [7, 11) is 1.83. The van der Waals surface area contributed by atoms with Gasteiger partial charge in [0.25, 0.3) is 5.91 Å². The number of anilines is 1. The van der Waals surface area contributed by atoms with Crippen LogP contribution in [0.4, 0.5) is 5.69 Å². The third-order valence-corrected chi connectivity index (χ3v) is 7.03. The molecule has 0 radical (unpaired) electrons. The number of carbonyl (C=O) groups excluding carboxylic acids is 2. The number of aromatic nitrogens is 3. The molecule has 1 aromatic heterocycles. The number of benzene rings is 2. The lowest BCUT2D eigenvalue weighted by Crippen LogP contribution is -2.33. The van der Waals surface area contributed by atoms with Gasteiger partial charge < -0.3 is 15.2 Å². The van der Waals surface area contributed by atoms with Gasteiger partial charge in [-0.25, -0.2) is 0 Å². The monoisotopic (exact) mass is 597 g/mol. The highest BCUT2D eigenvalue weighted by molar-refractivity contribution is 14.1. The van der Waals surface area contributed by atoms with E-state index in [0.29, 0.717) is 21.6 Å². The fourth-order valence-electron chi connectivity index (χ4n) is 3.20. The zero-order valence-electron chi connectivity index (χ0n) is 18.7. The highest BCUT2D eigenvalue weighted by Gasteiger charge is 2.26. The van der Waals surface area contributed by atoms with Crippen LogP contribution in [0.1, 0.15) is 41.6 Å². The number of hydrogen-bond acceptors (Lipinski definition) is 5. The van der Waals surface area contributed by atoms with Gasteiger partial charge in [0.2, 0.25) is 5.91 Å². The summed E-state index contributed by atoms with van der Waals surface area (Å²) < 4.78 is 2.93. The lowest BCUT2D eigenvalue weighted by atomic mass is 10.0. The van der Waals surface area contributed by atoms with Crippen LogP contribution in [0.2, 0.25) is 5.02 Å². The smallest absolute Gasteiger partial charge is 0.253 e. The zero-order valence-corrected chi connectivity index (χ0v) is 22.5. The van der Waals surface area contributed by atoms with Gasteiger partial charge in [-0.3, -0.25) is 9.59 Å². The molecule has 0 saturated carbocycles. The average Bonchev–Trinajstić information content (AvgIpc) is 3.12. The molecule has 2 amide bonds. The number of nitrogens with one attached hydrogen (secondary N) is 2. The quantitative estimate of drug-likeness (QED) is 0.274. The van der Waals surface area contributed by atoms with E-state index in [1.165, 1.54) is 11.8 Å². The van der Waals surface area contributed by atoms with Gasteiger partial charge in [-0.1, -0.05) is 49.3 Å². The van der Waals surface area contributed by atoms with E-state index in [-0.39, 0.29) is 29.5 Å². The second kappa shape index (κ2) is 11.3. The number of aryl methyl sites for hydroxylation is 1. The van der Waals surface area contributed by atoms with Gasteiger partial charge in [-0.15, -0.1) is 10.2 Å². The maximum Gasteiger partial charge on any atom is 0.253 e. The molecular weight excluding hydrogens is 573 g/mol. The van der Waals surface area contributed by atoms with Crippen molar-refractivity contribution < 1.29 is 9.59 Å². The molecule has 0 unspecified atom stereocenters. The van der Waals surface area contributed by atoms with E-state index in [9.17, 15) is 9.59 Å². The molecule has 0 aliphatic carbocycles. The number of nitrogens with zero attached hydrogens (tertiary/aromatic N) is 3. The van der Waals surface area contributed by atoms with Gasteiger partial charge in [0.15, 0.2) is 11.0 Å². The molecule has 3 aromatic rings. The molecule has 3 rings (SSSR count). The van der Waals surface area contributed by atoms with Crippen molar-refractivity contribution in [3.63, 3.8) is 0 Å². The van der Waals surface area contributed by atoms with Crippen molar-refractivity contribution in [1.82, 2.24) is 20.1 Å². The zero-order chi connectivity index (χ0) is 24.1. The van der Waals surface area contributed by atoms with Crippen LogP contribution >= 0.6 is 46.0 Å². The molecule has 0 fully saturated rings. The number of thioether (sulfide) groups is 1. The second-order valence-corrected chi connectivity index (χ2v) is 10.5. The average molecular weight is 598 g/mol. The number of hydrogen-bond donors (Lipinski definition) is 2. The normalized spacial score (nSPS) is 12.0. The van der Waals surface area contributed by atoms with E-state index in [4.69, 9.17) is 11.6 Å². The van der Waals surface area contributed by atoms with E-state index in [0.717, 1.165) is 14.8 Å². The third kappa shape index (κ3) is 6.48. The van der Waals surface area contributed by atoms with Crippen molar-refractivity contribution in [1.29, 1.82) is 0 Å². The van der Waals surface area contributed by atoms with Gasteiger partial charge in [-0.2, -0.15) is 0 Å². The lowest BCUT2D eigenvalue weighted by molar-refractivity contribution is -0.113. The summed E-state index contributed by atoms with van der Waals surface area (Å²) in [4.78, 5) is 25.3. The molecule has 2 aromatic carbocycles. The molecule has 0 saturated heterocycles. The van der Waals surface area contributed by atoms with Gasteiger partial charge in [0, 0.05) is 16.3 Å². The van der Waals surface area contributed by atoms with Crippen LogP contribution < -0.4 is 10.6 Å². The Labute approximate surface area is 216 Å².